The molecule has 2 aromatic rings. The number of benzene rings is 1. The molecule has 0 saturated carbocycles. The number of hydrogen-bond donors (Lipinski definition) is 2. The van der Waals surface area contributed by atoms with E-state index >= 15 is 0 Å². The van der Waals surface area contributed by atoms with E-state index in [0.717, 1.165) is 0 Å². The molecule has 0 fully saturated rings. The monoisotopic (exact) mass is 321 g/mol. The third kappa shape index (κ3) is 5.14. The highest BCUT2D eigenvalue weighted by molar-refractivity contribution is 5.76. The van der Waals surface area contributed by atoms with Crippen molar-refractivity contribution in [3.05, 3.63) is 35.5 Å². The lowest BCUT2D eigenvalue weighted by molar-refractivity contribution is -0.121. The van der Waals surface area contributed by atoms with Crippen LogP contribution in [-0.4, -0.2) is 33.8 Å². The van der Waals surface area contributed by atoms with Gasteiger partial charge in [0.1, 0.15) is 5.82 Å². The highest BCUT2D eigenvalue weighted by Crippen LogP contribution is 2.19. The van der Waals surface area contributed by atoms with Crippen LogP contribution in [0.15, 0.2) is 22.7 Å². The topological polar surface area (TPSA) is 88.2 Å². The molecule has 1 aromatic heterocycles. The van der Waals surface area contributed by atoms with Gasteiger partial charge in [0.25, 0.3) is 0 Å². The number of aliphatic hydroxyl groups excluding tert-OH is 1. The minimum Gasteiger partial charge on any atom is -0.393 e. The van der Waals surface area contributed by atoms with Gasteiger partial charge in [-0.1, -0.05) is 5.16 Å². The summed E-state index contributed by atoms with van der Waals surface area (Å²) in [6.45, 7) is 3.77. The van der Waals surface area contributed by atoms with Gasteiger partial charge in [-0.05, 0) is 44.0 Å². The number of carbonyl (C=O) groups excluding carboxylic acids is 1. The third-order valence-corrected chi connectivity index (χ3v) is 3.33. The van der Waals surface area contributed by atoms with Crippen molar-refractivity contribution in [3.8, 4) is 11.4 Å². The van der Waals surface area contributed by atoms with E-state index in [9.17, 15) is 9.18 Å². The average molecular weight is 321 g/mol. The first-order valence-electron chi connectivity index (χ1n) is 7.49. The van der Waals surface area contributed by atoms with Crippen molar-refractivity contribution in [2.45, 2.75) is 39.2 Å². The molecule has 23 heavy (non-hydrogen) atoms. The Bertz CT molecular complexity index is 670. The number of aromatic nitrogens is 2. The summed E-state index contributed by atoms with van der Waals surface area (Å²) in [5.41, 5.74) is 1.17. The summed E-state index contributed by atoms with van der Waals surface area (Å²) in [4.78, 5) is 15.8. The predicted molar refractivity (Wildman–Crippen MR) is 82.1 cm³/mol. The number of nitrogens with zero attached hydrogens (tertiary/aromatic N) is 2. The Morgan fingerprint density at radius 3 is 2.96 bits per heavy atom. The molecule has 124 valence electrons. The van der Waals surface area contributed by atoms with E-state index in [4.69, 9.17) is 9.63 Å². The lowest BCUT2D eigenvalue weighted by atomic mass is 10.1. The molecule has 0 aliphatic carbocycles. The summed E-state index contributed by atoms with van der Waals surface area (Å²) in [5.74, 6) is 0.305. The molecular weight excluding hydrogens is 301 g/mol. The number of nitrogens with one attached hydrogen (secondary N) is 1. The van der Waals surface area contributed by atoms with Crippen LogP contribution in [0, 0.1) is 12.7 Å². The van der Waals surface area contributed by atoms with Crippen LogP contribution in [0.2, 0.25) is 0 Å². The maximum Gasteiger partial charge on any atom is 0.227 e. The number of carbonyl (C=O) groups is 1. The average Bonchev–Trinajstić information content (AvgIpc) is 2.96. The van der Waals surface area contributed by atoms with Crippen LogP contribution in [0.3, 0.4) is 0 Å². The van der Waals surface area contributed by atoms with Crippen LogP contribution in [0.5, 0.6) is 0 Å². The lowest BCUT2D eigenvalue weighted by Gasteiger charge is -2.05. The molecular formula is C16H20FN3O3. The molecule has 2 rings (SSSR count). The SMILES string of the molecule is Cc1cc(-c2noc(CCC(=O)NCCC(C)O)n2)ccc1F. The summed E-state index contributed by atoms with van der Waals surface area (Å²) in [6, 6.07) is 4.59. The van der Waals surface area contributed by atoms with Crippen molar-refractivity contribution in [2.75, 3.05) is 6.54 Å². The summed E-state index contributed by atoms with van der Waals surface area (Å²) in [6.07, 6.45) is 0.630. The second kappa shape index (κ2) is 7.82. The van der Waals surface area contributed by atoms with E-state index in [0.29, 0.717) is 42.2 Å². The van der Waals surface area contributed by atoms with E-state index in [1.54, 1.807) is 26.0 Å². The number of aryl methyl sites for hydroxylation is 2. The van der Waals surface area contributed by atoms with Crippen molar-refractivity contribution in [2.24, 2.45) is 0 Å². The smallest absolute Gasteiger partial charge is 0.227 e. The molecule has 0 aliphatic rings. The van der Waals surface area contributed by atoms with Gasteiger partial charge in [0.15, 0.2) is 0 Å². The molecule has 1 amide bonds. The van der Waals surface area contributed by atoms with Gasteiger partial charge in [0, 0.05) is 24.9 Å². The number of amides is 1. The fraction of sp³-hybridized carbons (Fsp3) is 0.438. The van der Waals surface area contributed by atoms with Crippen LogP contribution in [0.1, 0.15) is 31.2 Å². The Kier molecular flexibility index (Phi) is 5.81. The molecule has 1 heterocycles. The number of aliphatic hydroxyl groups is 1. The van der Waals surface area contributed by atoms with Crippen molar-refractivity contribution >= 4 is 5.91 Å². The standard InChI is InChI=1S/C16H20FN3O3/c1-10-9-12(3-4-13(10)17)16-19-15(23-20-16)6-5-14(22)18-8-7-11(2)21/h3-4,9,11,21H,5-8H2,1-2H3,(H,18,22). The predicted octanol–water partition coefficient (Wildman–Crippen LogP) is 2.00. The maximum atomic E-state index is 13.3. The van der Waals surface area contributed by atoms with Gasteiger partial charge in [-0.25, -0.2) is 4.39 Å². The molecule has 0 spiro atoms. The summed E-state index contributed by atoms with van der Waals surface area (Å²) in [7, 11) is 0. The largest absolute Gasteiger partial charge is 0.393 e. The van der Waals surface area contributed by atoms with Gasteiger partial charge in [0.2, 0.25) is 17.6 Å². The van der Waals surface area contributed by atoms with E-state index in [1.807, 2.05) is 0 Å². The molecule has 0 aliphatic heterocycles. The highest BCUT2D eigenvalue weighted by Gasteiger charge is 2.11. The zero-order valence-electron chi connectivity index (χ0n) is 13.2. The second-order valence-electron chi connectivity index (χ2n) is 5.46. The Morgan fingerprint density at radius 1 is 1.48 bits per heavy atom. The van der Waals surface area contributed by atoms with Crippen LogP contribution in [0.4, 0.5) is 4.39 Å². The van der Waals surface area contributed by atoms with E-state index in [2.05, 4.69) is 15.5 Å². The van der Waals surface area contributed by atoms with Crippen LogP contribution in [-0.2, 0) is 11.2 Å². The quantitative estimate of drug-likeness (QED) is 0.814. The summed E-state index contributed by atoms with van der Waals surface area (Å²) in [5, 5.41) is 15.7. The molecule has 2 N–H and O–H groups in total. The fourth-order valence-corrected chi connectivity index (χ4v) is 1.99. The third-order valence-electron chi connectivity index (χ3n) is 3.33. The number of hydrogen-bond acceptors (Lipinski definition) is 5. The van der Waals surface area contributed by atoms with Crippen molar-refractivity contribution in [1.29, 1.82) is 0 Å². The molecule has 1 atom stereocenters. The molecule has 1 unspecified atom stereocenters. The molecule has 0 saturated heterocycles. The van der Waals surface area contributed by atoms with Gasteiger partial charge >= 0.3 is 0 Å². The van der Waals surface area contributed by atoms with Gasteiger partial charge in [-0.2, -0.15) is 4.98 Å². The zero-order chi connectivity index (χ0) is 16.8. The molecule has 7 heteroatoms. The van der Waals surface area contributed by atoms with E-state index < -0.39 is 6.10 Å². The first-order valence-corrected chi connectivity index (χ1v) is 7.49. The molecule has 0 radical (unpaired) electrons. The second-order valence-corrected chi connectivity index (χ2v) is 5.46. The Balaban J connectivity index is 1.87. The highest BCUT2D eigenvalue weighted by atomic mass is 19.1. The minimum absolute atomic E-state index is 0.136. The Morgan fingerprint density at radius 2 is 2.26 bits per heavy atom. The first-order chi connectivity index (χ1) is 11.0. The number of rotatable bonds is 7. The minimum atomic E-state index is -0.437. The van der Waals surface area contributed by atoms with Gasteiger partial charge in [0.05, 0.1) is 6.10 Å². The summed E-state index contributed by atoms with van der Waals surface area (Å²) >= 11 is 0. The van der Waals surface area contributed by atoms with Crippen molar-refractivity contribution in [3.63, 3.8) is 0 Å². The van der Waals surface area contributed by atoms with Crippen LogP contribution >= 0.6 is 0 Å². The van der Waals surface area contributed by atoms with Crippen LogP contribution in [0.25, 0.3) is 11.4 Å². The molecule has 0 bridgehead atoms. The lowest BCUT2D eigenvalue weighted by Crippen LogP contribution is -2.26. The van der Waals surface area contributed by atoms with Crippen molar-refractivity contribution < 1.29 is 18.8 Å². The van der Waals surface area contributed by atoms with Gasteiger partial charge in [-0.3, -0.25) is 4.79 Å². The van der Waals surface area contributed by atoms with Crippen LogP contribution < -0.4 is 5.32 Å². The Labute approximate surface area is 133 Å². The Hall–Kier alpha value is -2.28. The summed E-state index contributed by atoms with van der Waals surface area (Å²) < 4.78 is 18.4. The zero-order valence-corrected chi connectivity index (χ0v) is 13.2. The molecule has 1 aromatic carbocycles. The van der Waals surface area contributed by atoms with Gasteiger partial charge in [-0.15, -0.1) is 0 Å². The molecule has 6 nitrogen and oxygen atoms in total. The maximum absolute atomic E-state index is 13.3. The normalized spacial score (nSPS) is 12.2. The fourth-order valence-electron chi connectivity index (χ4n) is 1.99. The first kappa shape index (κ1) is 17.1. The number of halogens is 1. The van der Waals surface area contributed by atoms with E-state index in [1.165, 1.54) is 6.07 Å². The van der Waals surface area contributed by atoms with Crippen molar-refractivity contribution in [1.82, 2.24) is 15.5 Å². The van der Waals surface area contributed by atoms with Gasteiger partial charge < -0.3 is 14.9 Å². The van der Waals surface area contributed by atoms with E-state index in [-0.39, 0.29) is 18.1 Å².